The van der Waals surface area contributed by atoms with Gasteiger partial charge in [0.15, 0.2) is 5.82 Å². The molecule has 0 atom stereocenters. The van der Waals surface area contributed by atoms with Crippen molar-refractivity contribution in [2.24, 2.45) is 4.99 Å². The monoisotopic (exact) mass is 488 g/mol. The molecule has 2 heterocycles. The van der Waals surface area contributed by atoms with Crippen molar-refractivity contribution in [2.75, 3.05) is 23.6 Å². The molecule has 1 amide bonds. The Morgan fingerprint density at radius 3 is 2.42 bits per heavy atom. The number of hydrogen-bond acceptors (Lipinski definition) is 4. The van der Waals surface area contributed by atoms with Gasteiger partial charge in [-0.15, -0.1) is 0 Å². The third-order valence-corrected chi connectivity index (χ3v) is 5.79. The highest BCUT2D eigenvalue weighted by atomic mass is 16.5. The second kappa shape index (κ2) is 14.8. The molecule has 36 heavy (non-hydrogen) atoms. The molecule has 4 rings (SSSR count). The van der Waals surface area contributed by atoms with E-state index in [0.717, 1.165) is 43.0 Å². The number of anilines is 2. The van der Waals surface area contributed by atoms with Crippen molar-refractivity contribution in [1.82, 2.24) is 4.98 Å². The number of amides is 1. The maximum absolute atomic E-state index is 11.4. The van der Waals surface area contributed by atoms with Crippen LogP contribution in [0.15, 0.2) is 65.8 Å². The van der Waals surface area contributed by atoms with Crippen LogP contribution in [-0.2, 0) is 17.6 Å². The van der Waals surface area contributed by atoms with E-state index in [4.69, 9.17) is 0 Å². The summed E-state index contributed by atoms with van der Waals surface area (Å²) in [6.45, 7) is 10.9. The zero-order valence-electron chi connectivity index (χ0n) is 22.5. The van der Waals surface area contributed by atoms with Crippen molar-refractivity contribution in [3.63, 3.8) is 0 Å². The lowest BCUT2D eigenvalue weighted by atomic mass is 9.95. The number of aryl methyl sites for hydroxylation is 2. The number of hydroxylamine groups is 1. The van der Waals surface area contributed by atoms with Crippen molar-refractivity contribution in [2.45, 2.75) is 60.3 Å². The maximum atomic E-state index is 11.4. The van der Waals surface area contributed by atoms with E-state index >= 15 is 0 Å². The summed E-state index contributed by atoms with van der Waals surface area (Å²) >= 11 is 0. The van der Waals surface area contributed by atoms with Crippen LogP contribution < -0.4 is 9.96 Å². The van der Waals surface area contributed by atoms with Crippen LogP contribution in [0.3, 0.4) is 0 Å². The number of fused-ring (bicyclic) bond motifs is 1. The summed E-state index contributed by atoms with van der Waals surface area (Å²) < 4.78 is 0. The molecule has 0 saturated heterocycles. The molecule has 2 aromatic carbocycles. The number of hydrogen-bond donors (Lipinski definition) is 1. The van der Waals surface area contributed by atoms with Crippen molar-refractivity contribution >= 4 is 23.8 Å². The third-order valence-electron chi connectivity index (χ3n) is 5.79. The normalized spacial score (nSPS) is 12.4. The molecule has 0 fully saturated rings. The standard InChI is InChI=1S/C26H28N4O2.2C2H6/c1-3-6-19-9-11-20(12-10-19)21-13-14-24-22(17-21)7-5-16-30(24)26(28-18-31)23-8-4-15-27-25(23)29(2)32;2*1-2/h4,8-15,17-18,32H,3,5-7,16H2,1-2H3;2*1-2H3. The van der Waals surface area contributed by atoms with E-state index in [2.05, 4.69) is 59.4 Å². The molecule has 0 radical (unpaired) electrons. The molecule has 1 N–H and O–H groups in total. The Balaban J connectivity index is 0.00000109. The fraction of sp³-hybridized carbons (Fsp3) is 0.367. The first-order valence-corrected chi connectivity index (χ1v) is 13.0. The number of pyridine rings is 1. The molecule has 6 nitrogen and oxygen atoms in total. The number of benzene rings is 2. The SMILES string of the molecule is CC.CC.CCCc1ccc(-c2ccc3c(c2)CCCN3C(=NC=O)c2cccnc2N(C)O)cc1. The van der Waals surface area contributed by atoms with Gasteiger partial charge in [-0.3, -0.25) is 10.0 Å². The van der Waals surface area contributed by atoms with Crippen LogP contribution in [0, 0.1) is 0 Å². The first-order chi connectivity index (χ1) is 17.6. The number of nitrogens with zero attached hydrogens (tertiary/aromatic N) is 4. The molecule has 1 aliphatic rings. The fourth-order valence-corrected chi connectivity index (χ4v) is 4.31. The molecule has 1 aromatic heterocycles. The molecular weight excluding hydrogens is 448 g/mol. The van der Waals surface area contributed by atoms with Gasteiger partial charge >= 0.3 is 0 Å². The Morgan fingerprint density at radius 2 is 1.78 bits per heavy atom. The fourth-order valence-electron chi connectivity index (χ4n) is 4.31. The highest BCUT2D eigenvalue weighted by Crippen LogP contribution is 2.34. The van der Waals surface area contributed by atoms with Crippen LogP contribution in [0.4, 0.5) is 11.5 Å². The van der Waals surface area contributed by atoms with Gasteiger partial charge in [0.2, 0.25) is 6.41 Å². The van der Waals surface area contributed by atoms with Gasteiger partial charge in [0.1, 0.15) is 5.84 Å². The van der Waals surface area contributed by atoms with E-state index in [9.17, 15) is 10.0 Å². The van der Waals surface area contributed by atoms with Gasteiger partial charge in [-0.1, -0.05) is 71.4 Å². The van der Waals surface area contributed by atoms with Crippen LogP contribution in [-0.4, -0.2) is 36.0 Å². The van der Waals surface area contributed by atoms with E-state index in [0.29, 0.717) is 23.6 Å². The van der Waals surface area contributed by atoms with Crippen LogP contribution in [0.25, 0.3) is 11.1 Å². The Morgan fingerprint density at radius 1 is 1.08 bits per heavy atom. The number of aromatic nitrogens is 1. The molecule has 1 aliphatic heterocycles. The molecule has 0 aliphatic carbocycles. The summed E-state index contributed by atoms with van der Waals surface area (Å²) in [5.74, 6) is 0.839. The van der Waals surface area contributed by atoms with E-state index in [1.807, 2.05) is 38.7 Å². The zero-order chi connectivity index (χ0) is 26.5. The highest BCUT2D eigenvalue weighted by molar-refractivity contribution is 6.15. The lowest BCUT2D eigenvalue weighted by Crippen LogP contribution is -2.37. The van der Waals surface area contributed by atoms with E-state index in [-0.39, 0.29) is 0 Å². The Labute approximate surface area is 216 Å². The molecule has 0 saturated carbocycles. The summed E-state index contributed by atoms with van der Waals surface area (Å²) in [4.78, 5) is 21.9. The second-order valence-electron chi connectivity index (χ2n) is 8.00. The molecule has 0 bridgehead atoms. The Bertz CT molecular complexity index is 1120. The number of carbonyl (C=O) groups excluding carboxylic acids is 1. The summed E-state index contributed by atoms with van der Waals surface area (Å²) in [5, 5.41) is 11.0. The molecule has 192 valence electrons. The molecular formula is C30H40N4O2. The van der Waals surface area contributed by atoms with Crippen LogP contribution >= 0.6 is 0 Å². The summed E-state index contributed by atoms with van der Waals surface area (Å²) in [5.41, 5.74) is 6.58. The predicted molar refractivity (Wildman–Crippen MR) is 151 cm³/mol. The highest BCUT2D eigenvalue weighted by Gasteiger charge is 2.25. The van der Waals surface area contributed by atoms with Crippen LogP contribution in [0.1, 0.15) is 64.2 Å². The minimum atomic E-state index is 0.351. The second-order valence-corrected chi connectivity index (χ2v) is 8.00. The van der Waals surface area contributed by atoms with Gasteiger partial charge in [0, 0.05) is 25.5 Å². The largest absolute Gasteiger partial charge is 0.325 e. The Hall–Kier alpha value is -3.51. The lowest BCUT2D eigenvalue weighted by molar-refractivity contribution is -0.106. The average Bonchev–Trinajstić information content (AvgIpc) is 2.94. The topological polar surface area (TPSA) is 69.0 Å². The quantitative estimate of drug-likeness (QED) is 0.176. The first-order valence-electron chi connectivity index (χ1n) is 13.0. The smallest absolute Gasteiger partial charge is 0.234 e. The molecule has 0 spiro atoms. The van der Waals surface area contributed by atoms with Gasteiger partial charge in [-0.2, -0.15) is 4.99 Å². The van der Waals surface area contributed by atoms with E-state index in [1.54, 1.807) is 12.3 Å². The van der Waals surface area contributed by atoms with Crippen molar-refractivity contribution in [1.29, 1.82) is 0 Å². The van der Waals surface area contributed by atoms with E-state index in [1.165, 1.54) is 29.3 Å². The minimum absolute atomic E-state index is 0.351. The minimum Gasteiger partial charge on any atom is -0.325 e. The molecule has 3 aromatic rings. The molecule has 6 heteroatoms. The van der Waals surface area contributed by atoms with Gasteiger partial charge < -0.3 is 4.90 Å². The van der Waals surface area contributed by atoms with Gasteiger partial charge in [-0.25, -0.2) is 10.0 Å². The maximum Gasteiger partial charge on any atom is 0.234 e. The van der Waals surface area contributed by atoms with Crippen LogP contribution in [0.2, 0.25) is 0 Å². The van der Waals surface area contributed by atoms with E-state index < -0.39 is 0 Å². The first kappa shape index (κ1) is 28.7. The number of amidine groups is 1. The zero-order valence-corrected chi connectivity index (χ0v) is 22.5. The van der Waals surface area contributed by atoms with Crippen molar-refractivity contribution < 1.29 is 10.0 Å². The number of aliphatic imine (C=N–C) groups is 1. The molecule has 0 unspecified atom stereocenters. The summed E-state index contributed by atoms with van der Waals surface area (Å²) in [6, 6.07) is 18.8. The van der Waals surface area contributed by atoms with Gasteiger partial charge in [0.25, 0.3) is 0 Å². The van der Waals surface area contributed by atoms with Gasteiger partial charge in [0.05, 0.1) is 5.56 Å². The number of rotatable bonds is 6. The summed E-state index contributed by atoms with van der Waals surface area (Å²) in [7, 11) is 1.51. The summed E-state index contributed by atoms with van der Waals surface area (Å²) in [6.07, 6.45) is 6.29. The average molecular weight is 489 g/mol. The van der Waals surface area contributed by atoms with Gasteiger partial charge in [-0.05, 0) is 65.8 Å². The Kier molecular flexibility index (Phi) is 11.8. The van der Waals surface area contributed by atoms with Crippen LogP contribution in [0.5, 0.6) is 0 Å². The van der Waals surface area contributed by atoms with Crippen molar-refractivity contribution in [3.8, 4) is 11.1 Å². The van der Waals surface area contributed by atoms with Crippen molar-refractivity contribution in [3.05, 3.63) is 77.5 Å². The lowest BCUT2D eigenvalue weighted by Gasteiger charge is -2.33. The third kappa shape index (κ3) is 6.79. The number of carbonyl (C=O) groups is 1. The predicted octanol–water partition coefficient (Wildman–Crippen LogP) is 6.93.